The number of carbonyl (C=O) groups is 2. The second kappa shape index (κ2) is 6.76. The van der Waals surface area contributed by atoms with Crippen molar-refractivity contribution in [2.75, 3.05) is 14.2 Å². The number of nitrogens with zero attached hydrogens (tertiary/aromatic N) is 1. The molecule has 0 radical (unpaired) electrons. The number of nitrogens with one attached hydrogen (secondary N) is 1. The third-order valence-electron chi connectivity index (χ3n) is 2.54. The second-order valence-corrected chi connectivity index (χ2v) is 3.96. The van der Waals surface area contributed by atoms with Gasteiger partial charge in [0.15, 0.2) is 0 Å². The van der Waals surface area contributed by atoms with Gasteiger partial charge in [0.05, 0.1) is 7.11 Å². The van der Waals surface area contributed by atoms with Gasteiger partial charge >= 0.3 is 0 Å². The molecule has 1 unspecified atom stereocenters. The summed E-state index contributed by atoms with van der Waals surface area (Å²) in [7, 11) is 2.92. The van der Waals surface area contributed by atoms with Crippen molar-refractivity contribution in [1.82, 2.24) is 10.4 Å². The summed E-state index contributed by atoms with van der Waals surface area (Å²) in [4.78, 5) is 28.0. The standard InChI is InChI=1S/C13H18N2O3/c1-10(16)14-12(13(17)15(2)18-3)9-11-7-5-4-6-8-11/h4-8,12H,9H2,1-3H3,(H,14,16). The Bertz CT molecular complexity index is 406. The van der Waals surface area contributed by atoms with Crippen molar-refractivity contribution >= 4 is 11.8 Å². The van der Waals surface area contributed by atoms with Gasteiger partial charge in [0.1, 0.15) is 6.04 Å². The molecule has 1 rings (SSSR count). The number of hydrogen-bond acceptors (Lipinski definition) is 3. The van der Waals surface area contributed by atoms with Crippen molar-refractivity contribution < 1.29 is 14.4 Å². The lowest BCUT2D eigenvalue weighted by atomic mass is 10.1. The Morgan fingerprint density at radius 3 is 2.44 bits per heavy atom. The number of amides is 2. The molecule has 0 aliphatic heterocycles. The average Bonchev–Trinajstić information content (AvgIpc) is 2.37. The van der Waals surface area contributed by atoms with Crippen LogP contribution in [0.4, 0.5) is 0 Å². The molecule has 0 saturated carbocycles. The molecule has 1 aromatic rings. The van der Waals surface area contributed by atoms with Crippen LogP contribution >= 0.6 is 0 Å². The van der Waals surface area contributed by atoms with Gasteiger partial charge in [0.25, 0.3) is 5.91 Å². The monoisotopic (exact) mass is 250 g/mol. The minimum absolute atomic E-state index is 0.242. The van der Waals surface area contributed by atoms with Crippen molar-refractivity contribution in [3.05, 3.63) is 35.9 Å². The maximum absolute atomic E-state index is 12.0. The zero-order valence-corrected chi connectivity index (χ0v) is 10.8. The van der Waals surface area contributed by atoms with Crippen molar-refractivity contribution in [1.29, 1.82) is 0 Å². The van der Waals surface area contributed by atoms with Crippen LogP contribution in [0.15, 0.2) is 30.3 Å². The topological polar surface area (TPSA) is 58.6 Å². The Hall–Kier alpha value is -1.88. The fourth-order valence-electron chi connectivity index (χ4n) is 1.60. The van der Waals surface area contributed by atoms with Crippen LogP contribution in [0.1, 0.15) is 12.5 Å². The average molecular weight is 250 g/mol. The molecule has 5 heteroatoms. The Balaban J connectivity index is 2.78. The maximum atomic E-state index is 12.0. The maximum Gasteiger partial charge on any atom is 0.268 e. The van der Waals surface area contributed by atoms with Crippen LogP contribution in [0.2, 0.25) is 0 Å². The van der Waals surface area contributed by atoms with Crippen LogP contribution in [0.25, 0.3) is 0 Å². The van der Waals surface area contributed by atoms with Gasteiger partial charge < -0.3 is 5.32 Å². The lowest BCUT2D eigenvalue weighted by molar-refractivity contribution is -0.171. The summed E-state index contributed by atoms with van der Waals surface area (Å²) in [5.41, 5.74) is 0.981. The van der Waals surface area contributed by atoms with E-state index >= 15 is 0 Å². The first kappa shape index (κ1) is 14.2. The van der Waals surface area contributed by atoms with Gasteiger partial charge in [0, 0.05) is 20.4 Å². The molecule has 0 spiro atoms. The number of likely N-dealkylation sites (N-methyl/N-ethyl adjacent to an activating group) is 1. The van der Waals surface area contributed by atoms with Gasteiger partial charge in [-0.3, -0.25) is 14.4 Å². The first-order valence-corrected chi connectivity index (χ1v) is 5.67. The minimum atomic E-state index is -0.616. The third kappa shape index (κ3) is 4.18. The van der Waals surface area contributed by atoms with E-state index in [4.69, 9.17) is 4.84 Å². The SMILES string of the molecule is CON(C)C(=O)C(Cc1ccccc1)NC(C)=O. The van der Waals surface area contributed by atoms with E-state index < -0.39 is 6.04 Å². The molecule has 1 N–H and O–H groups in total. The zero-order valence-electron chi connectivity index (χ0n) is 10.8. The number of benzene rings is 1. The van der Waals surface area contributed by atoms with Gasteiger partial charge in [-0.05, 0) is 5.56 Å². The van der Waals surface area contributed by atoms with Crippen molar-refractivity contribution in [2.45, 2.75) is 19.4 Å². The lowest BCUT2D eigenvalue weighted by Gasteiger charge is -2.22. The van der Waals surface area contributed by atoms with Crippen molar-refractivity contribution in [3.8, 4) is 0 Å². The van der Waals surface area contributed by atoms with E-state index in [1.807, 2.05) is 30.3 Å². The molecule has 0 heterocycles. The molecule has 0 aliphatic carbocycles. The van der Waals surface area contributed by atoms with Crippen molar-refractivity contribution in [3.63, 3.8) is 0 Å². The Morgan fingerprint density at radius 2 is 1.94 bits per heavy atom. The highest BCUT2D eigenvalue weighted by atomic mass is 16.7. The van der Waals surface area contributed by atoms with E-state index in [-0.39, 0.29) is 11.8 Å². The summed E-state index contributed by atoms with van der Waals surface area (Å²) in [6.07, 6.45) is 0.437. The minimum Gasteiger partial charge on any atom is -0.344 e. The molecule has 18 heavy (non-hydrogen) atoms. The Kier molecular flexibility index (Phi) is 5.32. The third-order valence-corrected chi connectivity index (χ3v) is 2.54. The van der Waals surface area contributed by atoms with Crippen LogP contribution in [0.5, 0.6) is 0 Å². The molecule has 0 aliphatic rings. The Morgan fingerprint density at radius 1 is 1.33 bits per heavy atom. The molecule has 98 valence electrons. The molecule has 1 atom stereocenters. The summed E-state index contributed by atoms with van der Waals surface area (Å²) < 4.78 is 0. The number of hydroxylamine groups is 2. The molecule has 2 amide bonds. The predicted octanol–water partition coefficient (Wildman–Crippen LogP) is 0.754. The highest BCUT2D eigenvalue weighted by Gasteiger charge is 2.23. The molecular formula is C13H18N2O3. The van der Waals surface area contributed by atoms with Gasteiger partial charge in [-0.2, -0.15) is 0 Å². The molecule has 0 bridgehead atoms. The molecule has 0 fully saturated rings. The van der Waals surface area contributed by atoms with Crippen LogP contribution in [0.3, 0.4) is 0 Å². The molecule has 0 saturated heterocycles. The van der Waals surface area contributed by atoms with E-state index in [2.05, 4.69) is 5.32 Å². The summed E-state index contributed by atoms with van der Waals surface area (Å²) >= 11 is 0. The van der Waals surface area contributed by atoms with Gasteiger partial charge in [-0.25, -0.2) is 5.06 Å². The number of rotatable bonds is 5. The van der Waals surface area contributed by atoms with Crippen LogP contribution in [-0.2, 0) is 20.8 Å². The van der Waals surface area contributed by atoms with Gasteiger partial charge in [-0.1, -0.05) is 30.3 Å². The fourth-order valence-corrected chi connectivity index (χ4v) is 1.60. The zero-order chi connectivity index (χ0) is 13.5. The second-order valence-electron chi connectivity index (χ2n) is 3.96. The predicted molar refractivity (Wildman–Crippen MR) is 67.5 cm³/mol. The smallest absolute Gasteiger partial charge is 0.268 e. The fraction of sp³-hybridized carbons (Fsp3) is 0.385. The number of carbonyl (C=O) groups excluding carboxylic acids is 2. The van der Waals surface area contributed by atoms with E-state index in [0.717, 1.165) is 10.6 Å². The highest BCUT2D eigenvalue weighted by Crippen LogP contribution is 2.05. The summed E-state index contributed by atoms with van der Waals surface area (Å²) in [6.45, 7) is 1.39. The quantitative estimate of drug-likeness (QED) is 0.785. The van der Waals surface area contributed by atoms with Crippen LogP contribution < -0.4 is 5.32 Å². The summed E-state index contributed by atoms with van der Waals surface area (Å²) in [5.74, 6) is -0.523. The van der Waals surface area contributed by atoms with E-state index in [1.54, 1.807) is 0 Å². The first-order valence-electron chi connectivity index (χ1n) is 5.67. The molecule has 1 aromatic carbocycles. The lowest BCUT2D eigenvalue weighted by Crippen LogP contribution is -2.47. The molecular weight excluding hydrogens is 232 g/mol. The van der Waals surface area contributed by atoms with E-state index in [0.29, 0.717) is 6.42 Å². The van der Waals surface area contributed by atoms with E-state index in [1.165, 1.54) is 21.1 Å². The largest absolute Gasteiger partial charge is 0.344 e. The van der Waals surface area contributed by atoms with Crippen molar-refractivity contribution in [2.24, 2.45) is 0 Å². The van der Waals surface area contributed by atoms with Gasteiger partial charge in [-0.15, -0.1) is 0 Å². The highest BCUT2D eigenvalue weighted by molar-refractivity contribution is 5.86. The molecule has 0 aromatic heterocycles. The number of hydrogen-bond donors (Lipinski definition) is 1. The first-order chi connectivity index (χ1) is 8.54. The normalized spacial score (nSPS) is 11.7. The van der Waals surface area contributed by atoms with Gasteiger partial charge in [0.2, 0.25) is 5.91 Å². The summed E-state index contributed by atoms with van der Waals surface area (Å²) in [6, 6.07) is 8.90. The molecule has 5 nitrogen and oxygen atoms in total. The Labute approximate surface area is 107 Å². The van der Waals surface area contributed by atoms with E-state index in [9.17, 15) is 9.59 Å². The van der Waals surface area contributed by atoms with Crippen LogP contribution in [-0.4, -0.2) is 37.1 Å². The van der Waals surface area contributed by atoms with Crippen LogP contribution in [0, 0.1) is 0 Å². The summed E-state index contributed by atoms with van der Waals surface area (Å²) in [5, 5.41) is 3.75.